The van der Waals surface area contributed by atoms with Crippen LogP contribution in [0.15, 0.2) is 18.2 Å². The van der Waals surface area contributed by atoms with Crippen molar-refractivity contribution in [3.63, 3.8) is 0 Å². The fourth-order valence-electron chi connectivity index (χ4n) is 3.04. The monoisotopic (exact) mass is 292 g/mol. The van der Waals surface area contributed by atoms with Crippen LogP contribution < -0.4 is 14.8 Å². The number of hydrogen-bond acceptors (Lipinski definition) is 5. The zero-order chi connectivity index (χ0) is 14.7. The van der Waals surface area contributed by atoms with Crippen LogP contribution in [0.5, 0.6) is 11.5 Å². The van der Waals surface area contributed by atoms with Crippen molar-refractivity contribution in [3.8, 4) is 11.5 Å². The second-order valence-electron chi connectivity index (χ2n) is 5.47. The van der Waals surface area contributed by atoms with Crippen LogP contribution in [0.2, 0.25) is 0 Å². The van der Waals surface area contributed by atoms with Gasteiger partial charge in [-0.15, -0.1) is 0 Å². The fraction of sp³-hybridized carbons (Fsp3) is 0.625. The van der Waals surface area contributed by atoms with Crippen LogP contribution in [-0.4, -0.2) is 57.5 Å². The van der Waals surface area contributed by atoms with E-state index >= 15 is 0 Å². The van der Waals surface area contributed by atoms with Gasteiger partial charge in [0, 0.05) is 13.1 Å². The molecule has 2 aliphatic rings. The molecule has 21 heavy (non-hydrogen) atoms. The standard InChI is InChI=1S/C16H24N2O3/c1-3-18-6-7-19-15(11-18)16(17-2)12-4-5-13-14(10-12)21-9-8-20-13/h4-5,10,15-17H,3,6-9,11H2,1-2H3. The Balaban J connectivity index is 1.79. The summed E-state index contributed by atoms with van der Waals surface area (Å²) in [5.41, 5.74) is 1.18. The topological polar surface area (TPSA) is 43.0 Å². The van der Waals surface area contributed by atoms with Crippen LogP contribution in [0.3, 0.4) is 0 Å². The largest absolute Gasteiger partial charge is 0.486 e. The van der Waals surface area contributed by atoms with Gasteiger partial charge in [-0.1, -0.05) is 13.0 Å². The predicted octanol–water partition coefficient (Wildman–Crippen LogP) is 1.44. The maximum absolute atomic E-state index is 5.99. The van der Waals surface area contributed by atoms with Crippen molar-refractivity contribution in [2.45, 2.75) is 19.1 Å². The highest BCUT2D eigenvalue weighted by Crippen LogP contribution is 2.34. The lowest BCUT2D eigenvalue weighted by atomic mass is 9.99. The molecule has 0 aromatic heterocycles. The Labute approximate surface area is 126 Å². The van der Waals surface area contributed by atoms with Crippen molar-refractivity contribution in [3.05, 3.63) is 23.8 Å². The number of rotatable bonds is 4. The fourth-order valence-corrected chi connectivity index (χ4v) is 3.04. The Morgan fingerprint density at radius 2 is 2.05 bits per heavy atom. The van der Waals surface area contributed by atoms with E-state index in [4.69, 9.17) is 14.2 Å². The summed E-state index contributed by atoms with van der Waals surface area (Å²) in [5, 5.41) is 3.39. The van der Waals surface area contributed by atoms with Crippen LogP contribution in [0, 0.1) is 0 Å². The van der Waals surface area contributed by atoms with Crippen molar-refractivity contribution >= 4 is 0 Å². The maximum atomic E-state index is 5.99. The molecule has 1 aromatic rings. The third-order valence-corrected chi connectivity index (χ3v) is 4.23. The molecule has 1 saturated heterocycles. The lowest BCUT2D eigenvalue weighted by Gasteiger charge is -2.36. The van der Waals surface area contributed by atoms with Crippen LogP contribution >= 0.6 is 0 Å². The summed E-state index contributed by atoms with van der Waals surface area (Å²) in [6.07, 6.45) is 0.159. The molecule has 0 bridgehead atoms. The van der Waals surface area contributed by atoms with E-state index in [0.717, 1.165) is 37.7 Å². The summed E-state index contributed by atoms with van der Waals surface area (Å²) < 4.78 is 17.3. The summed E-state index contributed by atoms with van der Waals surface area (Å²) in [6, 6.07) is 6.33. The highest BCUT2D eigenvalue weighted by Gasteiger charge is 2.28. The number of nitrogens with zero attached hydrogens (tertiary/aromatic N) is 1. The highest BCUT2D eigenvalue weighted by molar-refractivity contribution is 5.45. The van der Waals surface area contributed by atoms with E-state index in [2.05, 4.69) is 29.3 Å². The second kappa shape index (κ2) is 6.64. The highest BCUT2D eigenvalue weighted by atomic mass is 16.6. The molecule has 5 nitrogen and oxygen atoms in total. The van der Waals surface area contributed by atoms with Gasteiger partial charge in [-0.3, -0.25) is 4.90 Å². The second-order valence-corrected chi connectivity index (χ2v) is 5.47. The number of hydrogen-bond donors (Lipinski definition) is 1. The van der Waals surface area contributed by atoms with Crippen molar-refractivity contribution in [1.82, 2.24) is 10.2 Å². The lowest BCUT2D eigenvalue weighted by molar-refractivity contribution is -0.0444. The molecule has 0 spiro atoms. The minimum absolute atomic E-state index is 0.159. The van der Waals surface area contributed by atoms with E-state index in [1.54, 1.807) is 0 Å². The van der Waals surface area contributed by atoms with E-state index in [-0.39, 0.29) is 12.1 Å². The summed E-state index contributed by atoms with van der Waals surface area (Å²) >= 11 is 0. The predicted molar refractivity (Wildman–Crippen MR) is 81.1 cm³/mol. The zero-order valence-electron chi connectivity index (χ0n) is 12.8. The van der Waals surface area contributed by atoms with E-state index < -0.39 is 0 Å². The molecule has 1 fully saturated rings. The van der Waals surface area contributed by atoms with Gasteiger partial charge in [-0.05, 0) is 31.3 Å². The molecular weight excluding hydrogens is 268 g/mol. The number of morpholine rings is 1. The molecule has 3 rings (SSSR count). The van der Waals surface area contributed by atoms with Gasteiger partial charge in [-0.2, -0.15) is 0 Å². The van der Waals surface area contributed by atoms with Gasteiger partial charge in [-0.25, -0.2) is 0 Å². The first-order valence-corrected chi connectivity index (χ1v) is 7.72. The van der Waals surface area contributed by atoms with Crippen molar-refractivity contribution in [2.24, 2.45) is 0 Å². The van der Waals surface area contributed by atoms with Gasteiger partial charge in [0.2, 0.25) is 0 Å². The molecule has 1 N–H and O–H groups in total. The normalized spacial score (nSPS) is 23.8. The molecule has 116 valence electrons. The Morgan fingerprint density at radius 3 is 2.81 bits per heavy atom. The average Bonchev–Trinajstić information content (AvgIpc) is 2.56. The summed E-state index contributed by atoms with van der Waals surface area (Å²) in [7, 11) is 1.98. The number of likely N-dealkylation sites (N-methyl/N-ethyl adjacent to an activating group) is 2. The molecule has 0 aliphatic carbocycles. The quantitative estimate of drug-likeness (QED) is 0.909. The molecule has 0 saturated carbocycles. The zero-order valence-corrected chi connectivity index (χ0v) is 12.8. The van der Waals surface area contributed by atoms with Gasteiger partial charge in [0.05, 0.1) is 18.8 Å². The van der Waals surface area contributed by atoms with Crippen LogP contribution in [0.4, 0.5) is 0 Å². The summed E-state index contributed by atoms with van der Waals surface area (Å²) in [4.78, 5) is 2.43. The van der Waals surface area contributed by atoms with Crippen molar-refractivity contribution in [2.75, 3.05) is 46.5 Å². The minimum atomic E-state index is 0.159. The van der Waals surface area contributed by atoms with Crippen molar-refractivity contribution < 1.29 is 14.2 Å². The van der Waals surface area contributed by atoms with E-state index in [0.29, 0.717) is 13.2 Å². The molecule has 0 radical (unpaired) electrons. The molecular formula is C16H24N2O3. The molecule has 2 heterocycles. The Kier molecular flexibility index (Phi) is 4.63. The first-order valence-electron chi connectivity index (χ1n) is 7.72. The third-order valence-electron chi connectivity index (χ3n) is 4.23. The van der Waals surface area contributed by atoms with Crippen LogP contribution in [0.25, 0.3) is 0 Å². The summed E-state index contributed by atoms with van der Waals surface area (Å²) in [5.74, 6) is 1.67. The van der Waals surface area contributed by atoms with Crippen molar-refractivity contribution in [1.29, 1.82) is 0 Å². The first-order chi connectivity index (χ1) is 10.3. The minimum Gasteiger partial charge on any atom is -0.486 e. The van der Waals surface area contributed by atoms with Gasteiger partial charge in [0.15, 0.2) is 11.5 Å². The summed E-state index contributed by atoms with van der Waals surface area (Å²) in [6.45, 7) is 7.27. The van der Waals surface area contributed by atoms with Gasteiger partial charge in [0.1, 0.15) is 13.2 Å². The number of fused-ring (bicyclic) bond motifs is 1. The lowest BCUT2D eigenvalue weighted by Crippen LogP contribution is -2.47. The molecule has 0 amide bonds. The van der Waals surface area contributed by atoms with Gasteiger partial charge >= 0.3 is 0 Å². The van der Waals surface area contributed by atoms with E-state index in [9.17, 15) is 0 Å². The van der Waals surface area contributed by atoms with Crippen LogP contribution in [0.1, 0.15) is 18.5 Å². The number of ether oxygens (including phenoxy) is 3. The number of nitrogens with one attached hydrogen (secondary N) is 1. The Bertz CT molecular complexity index is 481. The molecule has 5 heteroatoms. The van der Waals surface area contributed by atoms with Crippen LogP contribution in [-0.2, 0) is 4.74 Å². The van der Waals surface area contributed by atoms with Gasteiger partial charge in [0.25, 0.3) is 0 Å². The maximum Gasteiger partial charge on any atom is 0.161 e. The third kappa shape index (κ3) is 3.15. The smallest absolute Gasteiger partial charge is 0.161 e. The molecule has 1 aromatic carbocycles. The molecule has 2 aliphatic heterocycles. The Hall–Kier alpha value is -1.30. The van der Waals surface area contributed by atoms with Gasteiger partial charge < -0.3 is 19.5 Å². The SMILES string of the molecule is CCN1CCOC(C(NC)c2ccc3c(c2)OCCO3)C1. The number of benzene rings is 1. The first kappa shape index (κ1) is 14.6. The molecule has 2 atom stereocenters. The van der Waals surface area contributed by atoms with E-state index in [1.807, 2.05) is 13.1 Å². The molecule has 2 unspecified atom stereocenters. The Morgan fingerprint density at radius 1 is 1.24 bits per heavy atom. The van der Waals surface area contributed by atoms with E-state index in [1.165, 1.54) is 5.56 Å². The average molecular weight is 292 g/mol.